The number of benzene rings is 2. The van der Waals surface area contributed by atoms with E-state index in [4.69, 9.17) is 9.47 Å². The third-order valence-corrected chi connectivity index (χ3v) is 5.61. The first-order chi connectivity index (χ1) is 13.2. The summed E-state index contributed by atoms with van der Waals surface area (Å²) in [5, 5.41) is 1.39. The highest BCUT2D eigenvalue weighted by Gasteiger charge is 2.20. The molecule has 0 atom stereocenters. The van der Waals surface area contributed by atoms with Crippen LogP contribution in [0, 0.1) is 13.8 Å². The molecular weight excluding hydrogens is 336 g/mol. The highest BCUT2D eigenvalue weighted by Crippen LogP contribution is 2.30. The normalized spacial score (nSPS) is 14.3. The van der Waals surface area contributed by atoms with E-state index in [0.29, 0.717) is 6.61 Å². The van der Waals surface area contributed by atoms with Gasteiger partial charge in [-0.15, -0.1) is 0 Å². The SMILES string of the molecule is COc1ccccc1OCCCN1CCc2[nH]c3cc(C)c(C)cc3c2C1. The van der Waals surface area contributed by atoms with Crippen LogP contribution in [0.4, 0.5) is 0 Å². The first-order valence-electron chi connectivity index (χ1n) is 9.74. The van der Waals surface area contributed by atoms with Gasteiger partial charge in [0.1, 0.15) is 0 Å². The summed E-state index contributed by atoms with van der Waals surface area (Å²) in [4.78, 5) is 6.18. The largest absolute Gasteiger partial charge is 0.493 e. The van der Waals surface area contributed by atoms with Crippen LogP contribution in [0.3, 0.4) is 0 Å². The summed E-state index contributed by atoms with van der Waals surface area (Å²) in [7, 11) is 1.68. The topological polar surface area (TPSA) is 37.5 Å². The molecule has 1 aliphatic heterocycles. The molecule has 0 saturated heterocycles. The molecule has 142 valence electrons. The minimum absolute atomic E-state index is 0.704. The van der Waals surface area contributed by atoms with Crippen LogP contribution < -0.4 is 9.47 Å². The van der Waals surface area contributed by atoms with Gasteiger partial charge in [-0.3, -0.25) is 4.90 Å². The number of fused-ring (bicyclic) bond motifs is 3. The average Bonchev–Trinajstić information content (AvgIpc) is 3.02. The van der Waals surface area contributed by atoms with Gasteiger partial charge in [0.15, 0.2) is 11.5 Å². The molecule has 3 aromatic rings. The molecule has 0 spiro atoms. The van der Waals surface area contributed by atoms with Crippen molar-refractivity contribution in [1.29, 1.82) is 0 Å². The fourth-order valence-electron chi connectivity index (χ4n) is 3.94. The van der Waals surface area contributed by atoms with E-state index in [-0.39, 0.29) is 0 Å². The molecule has 0 radical (unpaired) electrons. The van der Waals surface area contributed by atoms with E-state index in [1.54, 1.807) is 7.11 Å². The molecule has 4 nitrogen and oxygen atoms in total. The lowest BCUT2D eigenvalue weighted by Gasteiger charge is -2.27. The number of nitrogens with one attached hydrogen (secondary N) is 1. The maximum Gasteiger partial charge on any atom is 0.161 e. The molecule has 0 bridgehead atoms. The maximum absolute atomic E-state index is 5.91. The van der Waals surface area contributed by atoms with Gasteiger partial charge < -0.3 is 14.5 Å². The zero-order valence-electron chi connectivity index (χ0n) is 16.5. The predicted octanol–water partition coefficient (Wildman–Crippen LogP) is 4.62. The van der Waals surface area contributed by atoms with Gasteiger partial charge in [0.2, 0.25) is 0 Å². The number of H-pyrrole nitrogens is 1. The third kappa shape index (κ3) is 3.67. The smallest absolute Gasteiger partial charge is 0.161 e. The number of aryl methyl sites for hydroxylation is 2. The van der Waals surface area contributed by atoms with Gasteiger partial charge in [-0.05, 0) is 61.2 Å². The van der Waals surface area contributed by atoms with Gasteiger partial charge >= 0.3 is 0 Å². The van der Waals surface area contributed by atoms with Crippen molar-refractivity contribution >= 4 is 10.9 Å². The lowest BCUT2D eigenvalue weighted by Crippen LogP contribution is -2.31. The van der Waals surface area contributed by atoms with Crippen LogP contribution in [0.5, 0.6) is 11.5 Å². The van der Waals surface area contributed by atoms with Crippen molar-refractivity contribution < 1.29 is 9.47 Å². The van der Waals surface area contributed by atoms with E-state index in [1.807, 2.05) is 24.3 Å². The van der Waals surface area contributed by atoms with Crippen LogP contribution in [-0.2, 0) is 13.0 Å². The Morgan fingerprint density at radius 1 is 1.07 bits per heavy atom. The van der Waals surface area contributed by atoms with Crippen LogP contribution in [0.15, 0.2) is 36.4 Å². The lowest BCUT2D eigenvalue weighted by atomic mass is 10.0. The zero-order valence-corrected chi connectivity index (χ0v) is 16.5. The summed E-state index contributed by atoms with van der Waals surface area (Å²) in [6.45, 7) is 8.26. The number of para-hydroxylation sites is 2. The Morgan fingerprint density at radius 3 is 2.67 bits per heavy atom. The molecule has 4 rings (SSSR count). The maximum atomic E-state index is 5.91. The van der Waals surface area contributed by atoms with Gasteiger partial charge in [0, 0.05) is 42.7 Å². The molecule has 0 unspecified atom stereocenters. The Hall–Kier alpha value is -2.46. The van der Waals surface area contributed by atoms with E-state index >= 15 is 0 Å². The minimum Gasteiger partial charge on any atom is -0.493 e. The molecule has 2 heterocycles. The molecule has 0 aliphatic carbocycles. The summed E-state index contributed by atoms with van der Waals surface area (Å²) in [5.41, 5.74) is 6.89. The van der Waals surface area contributed by atoms with Crippen LogP contribution in [0.25, 0.3) is 10.9 Å². The molecular formula is C23H28N2O2. The van der Waals surface area contributed by atoms with Crippen molar-refractivity contribution in [1.82, 2.24) is 9.88 Å². The van der Waals surface area contributed by atoms with Gasteiger partial charge in [-0.25, -0.2) is 0 Å². The summed E-state index contributed by atoms with van der Waals surface area (Å²) >= 11 is 0. The molecule has 1 aromatic heterocycles. The van der Waals surface area contributed by atoms with Crippen molar-refractivity contribution in [3.8, 4) is 11.5 Å². The van der Waals surface area contributed by atoms with Gasteiger partial charge in [0.25, 0.3) is 0 Å². The Labute approximate surface area is 161 Å². The summed E-state index contributed by atoms with van der Waals surface area (Å²) in [6, 6.07) is 12.5. The van der Waals surface area contributed by atoms with E-state index in [0.717, 1.165) is 44.0 Å². The van der Waals surface area contributed by atoms with Crippen molar-refractivity contribution in [2.75, 3.05) is 26.8 Å². The monoisotopic (exact) mass is 364 g/mol. The molecule has 1 aliphatic rings. The van der Waals surface area contributed by atoms with Crippen LogP contribution in [0.1, 0.15) is 28.8 Å². The van der Waals surface area contributed by atoms with Crippen molar-refractivity contribution in [2.45, 2.75) is 33.2 Å². The quantitative estimate of drug-likeness (QED) is 0.649. The van der Waals surface area contributed by atoms with Gasteiger partial charge in [-0.1, -0.05) is 12.1 Å². The van der Waals surface area contributed by atoms with E-state index < -0.39 is 0 Å². The minimum atomic E-state index is 0.704. The van der Waals surface area contributed by atoms with E-state index in [9.17, 15) is 0 Å². The van der Waals surface area contributed by atoms with E-state index in [1.165, 1.54) is 33.3 Å². The number of aromatic amines is 1. The van der Waals surface area contributed by atoms with E-state index in [2.05, 4.69) is 35.9 Å². The van der Waals surface area contributed by atoms with Gasteiger partial charge in [-0.2, -0.15) is 0 Å². The second kappa shape index (κ2) is 7.65. The number of nitrogens with zero attached hydrogens (tertiary/aromatic N) is 1. The standard InChI is InChI=1S/C23H28N2O2/c1-16-13-18-19-15-25(11-9-20(19)24-21(18)14-17(16)2)10-6-12-27-23-8-5-4-7-22(23)26-3/h4-5,7-8,13-14,24H,6,9-12,15H2,1-3H3. The molecule has 0 fully saturated rings. The first-order valence-corrected chi connectivity index (χ1v) is 9.74. The van der Waals surface area contributed by atoms with Crippen LogP contribution in [0.2, 0.25) is 0 Å². The number of aromatic nitrogens is 1. The number of rotatable bonds is 6. The highest BCUT2D eigenvalue weighted by molar-refractivity contribution is 5.86. The Balaban J connectivity index is 1.36. The van der Waals surface area contributed by atoms with Crippen molar-refractivity contribution in [2.24, 2.45) is 0 Å². The number of hydrogen-bond donors (Lipinski definition) is 1. The first kappa shape index (κ1) is 17.9. The molecule has 4 heteroatoms. The van der Waals surface area contributed by atoms with Crippen molar-refractivity contribution in [3.05, 3.63) is 58.8 Å². The van der Waals surface area contributed by atoms with Crippen molar-refractivity contribution in [3.63, 3.8) is 0 Å². The zero-order chi connectivity index (χ0) is 18.8. The lowest BCUT2D eigenvalue weighted by molar-refractivity contribution is 0.218. The van der Waals surface area contributed by atoms with Gasteiger partial charge in [0.05, 0.1) is 13.7 Å². The fourth-order valence-corrected chi connectivity index (χ4v) is 3.94. The molecule has 0 amide bonds. The fraction of sp³-hybridized carbons (Fsp3) is 0.391. The summed E-state index contributed by atoms with van der Waals surface area (Å²) in [6.07, 6.45) is 2.10. The second-order valence-electron chi connectivity index (χ2n) is 7.44. The Bertz CT molecular complexity index is 945. The summed E-state index contributed by atoms with van der Waals surface area (Å²) in [5.74, 6) is 1.62. The summed E-state index contributed by atoms with van der Waals surface area (Å²) < 4.78 is 11.3. The van der Waals surface area contributed by atoms with Crippen LogP contribution in [-0.4, -0.2) is 36.7 Å². The molecule has 0 saturated carbocycles. The van der Waals surface area contributed by atoms with Crippen LogP contribution >= 0.6 is 0 Å². The molecule has 1 N–H and O–H groups in total. The predicted molar refractivity (Wildman–Crippen MR) is 110 cm³/mol. The number of hydrogen-bond acceptors (Lipinski definition) is 3. The average molecular weight is 364 g/mol. The third-order valence-electron chi connectivity index (χ3n) is 5.61. The molecule has 27 heavy (non-hydrogen) atoms. The Morgan fingerprint density at radius 2 is 1.85 bits per heavy atom. The molecule has 2 aromatic carbocycles. The Kier molecular flexibility index (Phi) is 5.08. The highest BCUT2D eigenvalue weighted by atomic mass is 16.5. The number of methoxy groups -OCH3 is 1. The second-order valence-corrected chi connectivity index (χ2v) is 7.44. The number of ether oxygens (including phenoxy) is 2.